The highest BCUT2D eigenvalue weighted by Crippen LogP contribution is 2.25. The standard InChI is InChI=1S/C14H18Cl2F2N6.HI/c1-3-19-14(21-7-9-6-10(15)12(16)23(9)2)22-8-11-20-4-5-24(11)13(17)18;/h4-6,13H,3,7-8H2,1-2H3,(H2,19,21,22);1H. The van der Waals surface area contributed by atoms with Crippen LogP contribution in [0.2, 0.25) is 10.2 Å². The van der Waals surface area contributed by atoms with Crippen molar-refractivity contribution in [2.75, 3.05) is 6.54 Å². The van der Waals surface area contributed by atoms with Crippen LogP contribution in [-0.4, -0.2) is 26.6 Å². The molecular weight excluding hydrogens is 488 g/mol. The summed E-state index contributed by atoms with van der Waals surface area (Å²) in [5.41, 5.74) is 0.830. The Balaban J connectivity index is 0.00000312. The Morgan fingerprint density at radius 2 is 2.08 bits per heavy atom. The van der Waals surface area contributed by atoms with Crippen molar-refractivity contribution in [2.45, 2.75) is 26.6 Å². The molecule has 0 aromatic carbocycles. The number of hydrogen-bond donors (Lipinski definition) is 2. The van der Waals surface area contributed by atoms with E-state index in [0.29, 0.717) is 29.2 Å². The second-order valence-corrected chi connectivity index (χ2v) is 5.68. The summed E-state index contributed by atoms with van der Waals surface area (Å²) in [7, 11) is 1.79. The molecule has 0 bridgehead atoms. The van der Waals surface area contributed by atoms with Gasteiger partial charge < -0.3 is 15.2 Å². The third-order valence-electron chi connectivity index (χ3n) is 3.33. The molecule has 2 N–H and O–H groups in total. The van der Waals surface area contributed by atoms with Crippen molar-refractivity contribution >= 4 is 53.1 Å². The topological polar surface area (TPSA) is 59.2 Å². The van der Waals surface area contributed by atoms with E-state index in [4.69, 9.17) is 23.2 Å². The molecule has 11 heteroatoms. The fourth-order valence-electron chi connectivity index (χ4n) is 2.06. The maximum atomic E-state index is 12.8. The second kappa shape index (κ2) is 10.2. The number of rotatable bonds is 6. The molecule has 0 aliphatic carbocycles. The minimum absolute atomic E-state index is 0. The number of hydrogen-bond acceptors (Lipinski definition) is 2. The van der Waals surface area contributed by atoms with Gasteiger partial charge in [0.05, 0.1) is 18.1 Å². The molecule has 6 nitrogen and oxygen atoms in total. The quantitative estimate of drug-likeness (QED) is 0.356. The molecule has 2 aromatic rings. The number of aromatic nitrogens is 3. The van der Waals surface area contributed by atoms with E-state index in [0.717, 1.165) is 10.3 Å². The molecule has 2 heterocycles. The van der Waals surface area contributed by atoms with Crippen LogP contribution in [0.4, 0.5) is 8.78 Å². The van der Waals surface area contributed by atoms with Crippen LogP contribution in [0, 0.1) is 0 Å². The number of guanidine groups is 1. The van der Waals surface area contributed by atoms with Crippen LogP contribution in [0.3, 0.4) is 0 Å². The van der Waals surface area contributed by atoms with Crippen molar-refractivity contribution in [3.63, 3.8) is 0 Å². The van der Waals surface area contributed by atoms with Gasteiger partial charge in [-0.1, -0.05) is 23.2 Å². The van der Waals surface area contributed by atoms with Crippen LogP contribution in [0.1, 0.15) is 25.0 Å². The molecule has 0 fully saturated rings. The summed E-state index contributed by atoms with van der Waals surface area (Å²) in [5, 5.41) is 6.92. The van der Waals surface area contributed by atoms with Crippen molar-refractivity contribution in [1.29, 1.82) is 0 Å². The van der Waals surface area contributed by atoms with Gasteiger partial charge in [-0.15, -0.1) is 24.0 Å². The zero-order valence-corrected chi connectivity index (χ0v) is 17.5. The van der Waals surface area contributed by atoms with Crippen molar-refractivity contribution in [3.05, 3.63) is 40.2 Å². The van der Waals surface area contributed by atoms with E-state index in [1.165, 1.54) is 12.4 Å². The van der Waals surface area contributed by atoms with Crippen LogP contribution in [0.15, 0.2) is 23.5 Å². The molecule has 0 saturated carbocycles. The summed E-state index contributed by atoms with van der Waals surface area (Å²) >= 11 is 12.0. The first kappa shape index (κ1) is 22.0. The van der Waals surface area contributed by atoms with Gasteiger partial charge >= 0.3 is 6.55 Å². The minimum Gasteiger partial charge on any atom is -0.357 e. The van der Waals surface area contributed by atoms with Crippen LogP contribution in [0.25, 0.3) is 0 Å². The Hall–Kier alpha value is -1.07. The molecular formula is C14H19Cl2F2IN6. The normalized spacial score (nSPS) is 11.6. The lowest BCUT2D eigenvalue weighted by atomic mass is 10.4. The van der Waals surface area contributed by atoms with Crippen LogP contribution < -0.4 is 10.6 Å². The van der Waals surface area contributed by atoms with Crippen LogP contribution in [-0.2, 0) is 20.1 Å². The summed E-state index contributed by atoms with van der Waals surface area (Å²) in [5.74, 6) is 0.704. The Morgan fingerprint density at radius 1 is 1.36 bits per heavy atom. The smallest absolute Gasteiger partial charge is 0.319 e. The lowest BCUT2D eigenvalue weighted by molar-refractivity contribution is 0.0668. The van der Waals surface area contributed by atoms with Gasteiger partial charge in [-0.05, 0) is 13.0 Å². The molecule has 0 aliphatic heterocycles. The van der Waals surface area contributed by atoms with Gasteiger partial charge in [-0.25, -0.2) is 9.98 Å². The number of alkyl halides is 2. The first-order valence-electron chi connectivity index (χ1n) is 7.25. The molecule has 0 radical (unpaired) electrons. The average Bonchev–Trinajstić information content (AvgIpc) is 3.11. The van der Waals surface area contributed by atoms with Crippen molar-refractivity contribution in [1.82, 2.24) is 24.8 Å². The van der Waals surface area contributed by atoms with Crippen molar-refractivity contribution < 1.29 is 8.78 Å². The lowest BCUT2D eigenvalue weighted by Crippen LogP contribution is -2.37. The highest BCUT2D eigenvalue weighted by atomic mass is 127. The highest BCUT2D eigenvalue weighted by Gasteiger charge is 2.12. The summed E-state index contributed by atoms with van der Waals surface area (Å²) in [6.07, 6.45) is 2.57. The Bertz CT molecular complexity index is 716. The molecule has 140 valence electrons. The van der Waals surface area contributed by atoms with Crippen LogP contribution >= 0.6 is 47.2 Å². The monoisotopic (exact) mass is 506 g/mol. The predicted octanol–water partition coefficient (Wildman–Crippen LogP) is 3.80. The van der Waals surface area contributed by atoms with E-state index < -0.39 is 6.55 Å². The first-order chi connectivity index (χ1) is 11.4. The Morgan fingerprint density at radius 3 is 2.64 bits per heavy atom. The van der Waals surface area contributed by atoms with Gasteiger partial charge in [-0.2, -0.15) is 8.78 Å². The highest BCUT2D eigenvalue weighted by molar-refractivity contribution is 14.0. The number of aliphatic imine (C=N–C) groups is 1. The first-order valence-corrected chi connectivity index (χ1v) is 8.01. The third kappa shape index (κ3) is 5.71. The van der Waals surface area contributed by atoms with E-state index in [2.05, 4.69) is 20.6 Å². The van der Waals surface area contributed by atoms with Gasteiger partial charge in [0.1, 0.15) is 11.0 Å². The number of nitrogens with one attached hydrogen (secondary N) is 2. The fraction of sp³-hybridized carbons (Fsp3) is 0.429. The van der Waals surface area contributed by atoms with E-state index in [1.54, 1.807) is 17.7 Å². The zero-order valence-electron chi connectivity index (χ0n) is 13.6. The lowest BCUT2D eigenvalue weighted by Gasteiger charge is -2.12. The second-order valence-electron chi connectivity index (χ2n) is 4.91. The fourth-order valence-corrected chi connectivity index (χ4v) is 2.48. The molecule has 0 amide bonds. The summed E-state index contributed by atoms with van der Waals surface area (Å²) in [6, 6.07) is 1.74. The summed E-state index contributed by atoms with van der Waals surface area (Å²) in [4.78, 5) is 8.32. The van der Waals surface area contributed by atoms with Crippen LogP contribution in [0.5, 0.6) is 0 Å². The molecule has 2 aromatic heterocycles. The van der Waals surface area contributed by atoms with E-state index in [-0.39, 0.29) is 36.3 Å². The van der Waals surface area contributed by atoms with Gasteiger partial charge in [-0.3, -0.25) is 4.57 Å². The molecule has 2 rings (SSSR count). The molecule has 0 spiro atoms. The Labute approximate surface area is 171 Å². The predicted molar refractivity (Wildman–Crippen MR) is 106 cm³/mol. The number of imidazole rings is 1. The summed E-state index contributed by atoms with van der Waals surface area (Å²) in [6.45, 7) is 0.368. The van der Waals surface area contributed by atoms with E-state index >= 15 is 0 Å². The van der Waals surface area contributed by atoms with Gasteiger partial charge in [0.2, 0.25) is 0 Å². The van der Waals surface area contributed by atoms with Gasteiger partial charge in [0.15, 0.2) is 5.96 Å². The van der Waals surface area contributed by atoms with Gasteiger partial charge in [0, 0.05) is 31.7 Å². The SMILES string of the molecule is CCNC(=NCc1cc(Cl)c(Cl)n1C)NCc1nccn1C(F)F.I. The minimum atomic E-state index is -2.63. The number of nitrogens with zero attached hydrogens (tertiary/aromatic N) is 4. The average molecular weight is 507 g/mol. The van der Waals surface area contributed by atoms with E-state index in [1.807, 2.05) is 6.92 Å². The molecule has 0 atom stereocenters. The van der Waals surface area contributed by atoms with E-state index in [9.17, 15) is 8.78 Å². The molecule has 25 heavy (non-hydrogen) atoms. The molecule has 0 aliphatic rings. The summed E-state index contributed by atoms with van der Waals surface area (Å²) < 4.78 is 28.2. The van der Waals surface area contributed by atoms with Gasteiger partial charge in [0.25, 0.3) is 0 Å². The third-order valence-corrected chi connectivity index (χ3v) is 4.17. The zero-order chi connectivity index (χ0) is 17.7. The molecule has 0 unspecified atom stereocenters. The maximum Gasteiger partial charge on any atom is 0.319 e. The van der Waals surface area contributed by atoms with Crippen molar-refractivity contribution in [2.24, 2.45) is 12.0 Å². The largest absolute Gasteiger partial charge is 0.357 e. The maximum absolute atomic E-state index is 12.8. The molecule has 0 saturated heterocycles. The number of halogens is 5. The Kier molecular flexibility index (Phi) is 8.94. The van der Waals surface area contributed by atoms with Crippen molar-refractivity contribution in [3.8, 4) is 0 Å².